The monoisotopic (exact) mass is 620 g/mol. The standard InChI is InChI=1S/C39H40O7/c1-3-4-5-6-7-14-24-44-32-20-22-34(38(42)30-17-12-9-13-18-30)36(27-32)46-39(43)28(2)23-25-45-31-19-21-33(35(40)26-31)37(41)29-15-10-8-11-16-29/h8-13,15-22,26-27,40H,2-7,14,23-25H2,1H3. The molecule has 0 unspecified atom stereocenters. The average Bonchev–Trinajstić information content (AvgIpc) is 3.08. The molecule has 0 radical (unpaired) electrons. The van der Waals surface area contributed by atoms with E-state index in [1.165, 1.54) is 31.4 Å². The van der Waals surface area contributed by atoms with Crippen molar-refractivity contribution in [1.29, 1.82) is 0 Å². The van der Waals surface area contributed by atoms with Gasteiger partial charge in [-0.25, -0.2) is 4.79 Å². The molecule has 0 amide bonds. The number of benzene rings is 4. The van der Waals surface area contributed by atoms with Crippen LogP contribution in [-0.4, -0.2) is 35.9 Å². The molecule has 0 fully saturated rings. The second-order valence-corrected chi connectivity index (χ2v) is 10.9. The summed E-state index contributed by atoms with van der Waals surface area (Å²) in [7, 11) is 0. The number of hydrogen-bond acceptors (Lipinski definition) is 7. The van der Waals surface area contributed by atoms with Crippen molar-refractivity contribution in [2.45, 2.75) is 51.9 Å². The Bertz CT molecular complexity index is 1630. The lowest BCUT2D eigenvalue weighted by atomic mass is 10.0. The van der Waals surface area contributed by atoms with Gasteiger partial charge in [0.05, 0.1) is 24.3 Å². The Morgan fingerprint density at radius 3 is 1.83 bits per heavy atom. The molecule has 0 aliphatic rings. The summed E-state index contributed by atoms with van der Waals surface area (Å²) in [5.74, 6) is -0.580. The zero-order chi connectivity index (χ0) is 32.7. The minimum Gasteiger partial charge on any atom is -0.507 e. The fourth-order valence-electron chi connectivity index (χ4n) is 4.79. The second-order valence-electron chi connectivity index (χ2n) is 10.9. The van der Waals surface area contributed by atoms with Crippen molar-refractivity contribution >= 4 is 17.5 Å². The quantitative estimate of drug-likeness (QED) is 0.0391. The van der Waals surface area contributed by atoms with E-state index in [2.05, 4.69) is 13.5 Å². The number of unbranched alkanes of at least 4 members (excludes halogenated alkanes) is 5. The Balaban J connectivity index is 1.36. The molecule has 0 heterocycles. The summed E-state index contributed by atoms with van der Waals surface area (Å²) in [6.07, 6.45) is 6.91. The van der Waals surface area contributed by atoms with Crippen LogP contribution in [-0.2, 0) is 4.79 Å². The Labute approximate surface area is 270 Å². The van der Waals surface area contributed by atoms with E-state index in [0.717, 1.165) is 19.3 Å². The van der Waals surface area contributed by atoms with E-state index >= 15 is 0 Å². The van der Waals surface area contributed by atoms with Crippen LogP contribution >= 0.6 is 0 Å². The van der Waals surface area contributed by atoms with Gasteiger partial charge in [0, 0.05) is 35.3 Å². The fraction of sp³-hybridized carbons (Fsp3) is 0.256. The van der Waals surface area contributed by atoms with Gasteiger partial charge < -0.3 is 19.3 Å². The van der Waals surface area contributed by atoms with E-state index in [0.29, 0.717) is 29.2 Å². The summed E-state index contributed by atoms with van der Waals surface area (Å²) in [5.41, 5.74) is 1.45. The molecule has 0 saturated heterocycles. The predicted octanol–water partition coefficient (Wildman–Crippen LogP) is 8.52. The van der Waals surface area contributed by atoms with Crippen LogP contribution in [0.25, 0.3) is 0 Å². The first kappa shape index (κ1) is 33.7. The molecule has 0 spiro atoms. The first-order valence-corrected chi connectivity index (χ1v) is 15.7. The minimum absolute atomic E-state index is 0.0660. The van der Waals surface area contributed by atoms with Gasteiger partial charge in [0.25, 0.3) is 0 Å². The SMILES string of the molecule is C=C(CCOc1ccc(C(=O)c2ccccc2)c(O)c1)C(=O)Oc1cc(OCCCCCCCC)ccc1C(=O)c1ccccc1. The van der Waals surface area contributed by atoms with Crippen molar-refractivity contribution in [3.63, 3.8) is 0 Å². The van der Waals surface area contributed by atoms with Crippen molar-refractivity contribution in [3.8, 4) is 23.0 Å². The first-order chi connectivity index (χ1) is 22.4. The van der Waals surface area contributed by atoms with E-state index in [4.69, 9.17) is 14.2 Å². The molecule has 1 N–H and O–H groups in total. The van der Waals surface area contributed by atoms with Crippen molar-refractivity contribution in [1.82, 2.24) is 0 Å². The molecule has 4 aromatic rings. The lowest BCUT2D eigenvalue weighted by Crippen LogP contribution is -2.15. The van der Waals surface area contributed by atoms with E-state index < -0.39 is 5.97 Å². The molecule has 0 saturated carbocycles. The number of carbonyl (C=O) groups is 3. The van der Waals surface area contributed by atoms with Gasteiger partial charge in [-0.05, 0) is 30.7 Å². The molecule has 0 aliphatic heterocycles. The third-order valence-corrected chi connectivity index (χ3v) is 7.41. The van der Waals surface area contributed by atoms with Gasteiger partial charge in [-0.2, -0.15) is 0 Å². The molecular formula is C39H40O7. The number of aromatic hydroxyl groups is 1. The molecule has 7 heteroatoms. The van der Waals surface area contributed by atoms with Gasteiger partial charge in [0.1, 0.15) is 23.0 Å². The second kappa shape index (κ2) is 17.4. The summed E-state index contributed by atoms with van der Waals surface area (Å²) in [4.78, 5) is 39.1. The average molecular weight is 621 g/mol. The van der Waals surface area contributed by atoms with Crippen molar-refractivity contribution < 1.29 is 33.7 Å². The number of ether oxygens (including phenoxy) is 3. The van der Waals surface area contributed by atoms with Crippen molar-refractivity contribution in [3.05, 3.63) is 131 Å². The highest BCUT2D eigenvalue weighted by molar-refractivity contribution is 6.11. The summed E-state index contributed by atoms with van der Waals surface area (Å²) in [5, 5.41) is 10.4. The smallest absolute Gasteiger partial charge is 0.338 e. The van der Waals surface area contributed by atoms with Gasteiger partial charge >= 0.3 is 5.97 Å². The Hall–Kier alpha value is -5.17. The van der Waals surface area contributed by atoms with Crippen molar-refractivity contribution in [2.24, 2.45) is 0 Å². The third kappa shape index (κ3) is 9.66. The van der Waals surface area contributed by atoms with Crippen LogP contribution in [0, 0.1) is 0 Å². The Kier molecular flexibility index (Phi) is 12.7. The molecule has 0 aromatic heterocycles. The highest BCUT2D eigenvalue weighted by Gasteiger charge is 2.20. The maximum atomic E-state index is 13.3. The number of phenols is 1. The van der Waals surface area contributed by atoms with Gasteiger partial charge in [-0.3, -0.25) is 9.59 Å². The van der Waals surface area contributed by atoms with E-state index in [-0.39, 0.29) is 52.8 Å². The van der Waals surface area contributed by atoms with Crippen LogP contribution in [0.15, 0.2) is 109 Å². The number of rotatable bonds is 18. The number of hydrogen-bond donors (Lipinski definition) is 1. The number of phenolic OH excluding ortho intramolecular Hbond substituents is 1. The van der Waals surface area contributed by atoms with Gasteiger partial charge in [0.2, 0.25) is 0 Å². The van der Waals surface area contributed by atoms with E-state index in [9.17, 15) is 19.5 Å². The minimum atomic E-state index is -0.703. The lowest BCUT2D eigenvalue weighted by Gasteiger charge is -2.14. The topological polar surface area (TPSA) is 99.1 Å². The fourth-order valence-corrected chi connectivity index (χ4v) is 4.79. The molecule has 0 bridgehead atoms. The number of esters is 1. The highest BCUT2D eigenvalue weighted by Crippen LogP contribution is 2.29. The Morgan fingerprint density at radius 2 is 1.20 bits per heavy atom. The summed E-state index contributed by atoms with van der Waals surface area (Å²) < 4.78 is 17.3. The van der Waals surface area contributed by atoms with E-state index in [1.807, 2.05) is 12.1 Å². The van der Waals surface area contributed by atoms with Crippen LogP contribution < -0.4 is 14.2 Å². The highest BCUT2D eigenvalue weighted by atomic mass is 16.5. The zero-order valence-electron chi connectivity index (χ0n) is 26.2. The van der Waals surface area contributed by atoms with Gasteiger partial charge in [-0.15, -0.1) is 0 Å². The first-order valence-electron chi connectivity index (χ1n) is 15.7. The molecule has 4 rings (SSSR count). The number of ketones is 2. The molecule has 0 atom stereocenters. The molecule has 4 aromatic carbocycles. The normalized spacial score (nSPS) is 10.6. The zero-order valence-corrected chi connectivity index (χ0v) is 26.2. The molecule has 46 heavy (non-hydrogen) atoms. The van der Waals surface area contributed by atoms with Crippen molar-refractivity contribution in [2.75, 3.05) is 13.2 Å². The lowest BCUT2D eigenvalue weighted by molar-refractivity contribution is -0.130. The van der Waals surface area contributed by atoms with Gasteiger partial charge in [0.15, 0.2) is 11.6 Å². The van der Waals surface area contributed by atoms with Crippen LogP contribution in [0.4, 0.5) is 0 Å². The maximum absolute atomic E-state index is 13.3. The molecule has 7 nitrogen and oxygen atoms in total. The summed E-state index contributed by atoms with van der Waals surface area (Å²) in [6.45, 7) is 6.63. The maximum Gasteiger partial charge on any atom is 0.338 e. The van der Waals surface area contributed by atoms with Crippen LogP contribution in [0.5, 0.6) is 23.0 Å². The third-order valence-electron chi connectivity index (χ3n) is 7.41. The van der Waals surface area contributed by atoms with Crippen LogP contribution in [0.3, 0.4) is 0 Å². The summed E-state index contributed by atoms with van der Waals surface area (Å²) >= 11 is 0. The van der Waals surface area contributed by atoms with Crippen LogP contribution in [0.2, 0.25) is 0 Å². The predicted molar refractivity (Wildman–Crippen MR) is 178 cm³/mol. The molecular weight excluding hydrogens is 580 g/mol. The Morgan fingerprint density at radius 1 is 0.652 bits per heavy atom. The van der Waals surface area contributed by atoms with E-state index in [1.54, 1.807) is 72.8 Å². The van der Waals surface area contributed by atoms with Crippen LogP contribution in [0.1, 0.15) is 83.7 Å². The molecule has 238 valence electrons. The largest absolute Gasteiger partial charge is 0.507 e. The summed E-state index contributed by atoms with van der Waals surface area (Å²) in [6, 6.07) is 26.8. The molecule has 0 aliphatic carbocycles. The number of carbonyl (C=O) groups excluding carboxylic acids is 3. The van der Waals surface area contributed by atoms with Gasteiger partial charge in [-0.1, -0.05) is 106 Å².